The lowest BCUT2D eigenvalue weighted by Gasteiger charge is -2.24. The molecule has 0 bridgehead atoms. The Bertz CT molecular complexity index is 398. The number of amides is 1. The molecule has 1 aliphatic carbocycles. The summed E-state index contributed by atoms with van der Waals surface area (Å²) in [7, 11) is 1.88. The van der Waals surface area contributed by atoms with E-state index >= 15 is 0 Å². The lowest BCUT2D eigenvalue weighted by atomic mass is 10.1. The highest BCUT2D eigenvalue weighted by Crippen LogP contribution is 2.34. The van der Waals surface area contributed by atoms with E-state index in [9.17, 15) is 4.79 Å². The van der Waals surface area contributed by atoms with Crippen LogP contribution in [0.3, 0.4) is 0 Å². The molecule has 0 spiro atoms. The van der Waals surface area contributed by atoms with Crippen LogP contribution >= 0.6 is 0 Å². The van der Waals surface area contributed by atoms with Gasteiger partial charge in [0.15, 0.2) is 5.82 Å². The first-order valence-corrected chi connectivity index (χ1v) is 6.12. The SMILES string of the molecule is Cc1noc(CCC(=O)N(C)C(C)C2CC2)n1. The lowest BCUT2D eigenvalue weighted by Crippen LogP contribution is -2.36. The minimum atomic E-state index is 0.153. The molecule has 1 aromatic heterocycles. The third kappa shape index (κ3) is 3.05. The van der Waals surface area contributed by atoms with Crippen molar-refractivity contribution in [2.75, 3.05) is 7.05 Å². The molecule has 0 radical (unpaired) electrons. The van der Waals surface area contributed by atoms with Crippen molar-refractivity contribution < 1.29 is 9.32 Å². The summed E-state index contributed by atoms with van der Waals surface area (Å²) in [6, 6.07) is 0.354. The number of aryl methyl sites for hydroxylation is 2. The maximum atomic E-state index is 11.9. The zero-order valence-corrected chi connectivity index (χ0v) is 10.6. The van der Waals surface area contributed by atoms with Crippen LogP contribution < -0.4 is 0 Å². The van der Waals surface area contributed by atoms with E-state index in [1.807, 2.05) is 11.9 Å². The second kappa shape index (κ2) is 4.85. The van der Waals surface area contributed by atoms with Crippen LogP contribution in [0.15, 0.2) is 4.52 Å². The number of rotatable bonds is 5. The van der Waals surface area contributed by atoms with E-state index < -0.39 is 0 Å². The third-order valence-corrected chi connectivity index (χ3v) is 3.43. The summed E-state index contributed by atoms with van der Waals surface area (Å²) in [6.45, 7) is 3.89. The molecular formula is C12H19N3O2. The molecule has 0 saturated heterocycles. The van der Waals surface area contributed by atoms with Crippen LogP contribution in [0.1, 0.15) is 37.9 Å². The second-order valence-corrected chi connectivity index (χ2v) is 4.82. The molecule has 1 saturated carbocycles. The Hall–Kier alpha value is -1.39. The zero-order valence-electron chi connectivity index (χ0n) is 10.6. The molecule has 1 unspecified atom stereocenters. The minimum Gasteiger partial charge on any atom is -0.343 e. The average molecular weight is 237 g/mol. The summed E-state index contributed by atoms with van der Waals surface area (Å²) in [5, 5.41) is 3.70. The van der Waals surface area contributed by atoms with Gasteiger partial charge in [-0.25, -0.2) is 0 Å². The van der Waals surface area contributed by atoms with Gasteiger partial charge in [-0.3, -0.25) is 4.79 Å². The van der Waals surface area contributed by atoms with Gasteiger partial charge in [0.05, 0.1) is 0 Å². The monoisotopic (exact) mass is 237 g/mol. The van der Waals surface area contributed by atoms with E-state index in [-0.39, 0.29) is 5.91 Å². The lowest BCUT2D eigenvalue weighted by molar-refractivity contribution is -0.132. The van der Waals surface area contributed by atoms with Crippen LogP contribution in [0.25, 0.3) is 0 Å². The van der Waals surface area contributed by atoms with Gasteiger partial charge in [-0.05, 0) is 32.6 Å². The highest BCUT2D eigenvalue weighted by molar-refractivity contribution is 5.76. The van der Waals surface area contributed by atoms with Crippen molar-refractivity contribution in [3.63, 3.8) is 0 Å². The summed E-state index contributed by atoms with van der Waals surface area (Å²) < 4.78 is 4.98. The van der Waals surface area contributed by atoms with E-state index in [0.29, 0.717) is 36.5 Å². The van der Waals surface area contributed by atoms with Crippen molar-refractivity contribution in [3.8, 4) is 0 Å². The molecule has 1 atom stereocenters. The van der Waals surface area contributed by atoms with E-state index in [4.69, 9.17) is 4.52 Å². The molecule has 94 valence electrons. The quantitative estimate of drug-likeness (QED) is 0.780. The van der Waals surface area contributed by atoms with Gasteiger partial charge in [0.1, 0.15) is 0 Å². The molecule has 1 heterocycles. The summed E-state index contributed by atoms with van der Waals surface area (Å²) in [5.41, 5.74) is 0. The van der Waals surface area contributed by atoms with Crippen molar-refractivity contribution in [1.82, 2.24) is 15.0 Å². The average Bonchev–Trinajstić information content (AvgIpc) is 3.08. The van der Waals surface area contributed by atoms with Crippen LogP contribution in [0.4, 0.5) is 0 Å². The number of carbonyl (C=O) groups is 1. The van der Waals surface area contributed by atoms with Gasteiger partial charge in [0.25, 0.3) is 0 Å². The highest BCUT2D eigenvalue weighted by Gasteiger charge is 2.32. The first-order chi connectivity index (χ1) is 8.08. The van der Waals surface area contributed by atoms with Gasteiger partial charge in [-0.1, -0.05) is 5.16 Å². The number of nitrogens with zero attached hydrogens (tertiary/aromatic N) is 3. The largest absolute Gasteiger partial charge is 0.343 e. The Labute approximate surface area is 101 Å². The molecule has 0 N–H and O–H groups in total. The van der Waals surface area contributed by atoms with Crippen molar-refractivity contribution in [2.24, 2.45) is 5.92 Å². The summed E-state index contributed by atoms with van der Waals surface area (Å²) >= 11 is 0. The van der Waals surface area contributed by atoms with E-state index in [1.165, 1.54) is 12.8 Å². The molecule has 1 aromatic rings. The molecule has 5 heteroatoms. The van der Waals surface area contributed by atoms with Crippen molar-refractivity contribution in [2.45, 2.75) is 45.6 Å². The number of carbonyl (C=O) groups excluding carboxylic acids is 1. The fraction of sp³-hybridized carbons (Fsp3) is 0.750. The van der Waals surface area contributed by atoms with Crippen LogP contribution in [0, 0.1) is 12.8 Å². The van der Waals surface area contributed by atoms with E-state index in [0.717, 1.165) is 0 Å². The Morgan fingerprint density at radius 3 is 2.82 bits per heavy atom. The standard InChI is InChI=1S/C12H19N3O2/c1-8(10-4-5-10)15(3)12(16)7-6-11-13-9(2)14-17-11/h8,10H,4-7H2,1-3H3. The maximum absolute atomic E-state index is 11.9. The number of hydrogen-bond donors (Lipinski definition) is 0. The van der Waals surface area contributed by atoms with Crippen LogP contribution in [0.5, 0.6) is 0 Å². The predicted octanol–water partition coefficient (Wildman–Crippen LogP) is 1.57. The third-order valence-electron chi connectivity index (χ3n) is 3.43. The van der Waals surface area contributed by atoms with Gasteiger partial charge in [0.2, 0.25) is 11.8 Å². The molecular weight excluding hydrogens is 218 g/mol. The van der Waals surface area contributed by atoms with Gasteiger partial charge >= 0.3 is 0 Å². The molecule has 1 aliphatic rings. The molecule has 17 heavy (non-hydrogen) atoms. The number of aromatic nitrogens is 2. The predicted molar refractivity (Wildman–Crippen MR) is 62.3 cm³/mol. The van der Waals surface area contributed by atoms with Gasteiger partial charge in [-0.15, -0.1) is 0 Å². The highest BCUT2D eigenvalue weighted by atomic mass is 16.5. The van der Waals surface area contributed by atoms with Gasteiger partial charge < -0.3 is 9.42 Å². The first-order valence-electron chi connectivity index (χ1n) is 6.12. The Morgan fingerprint density at radius 2 is 2.29 bits per heavy atom. The summed E-state index contributed by atoms with van der Waals surface area (Å²) in [6.07, 6.45) is 3.47. The molecule has 1 amide bonds. The molecule has 5 nitrogen and oxygen atoms in total. The van der Waals surface area contributed by atoms with Crippen LogP contribution in [-0.2, 0) is 11.2 Å². The minimum absolute atomic E-state index is 0.153. The first kappa shape index (κ1) is 12.1. The second-order valence-electron chi connectivity index (χ2n) is 4.82. The summed E-state index contributed by atoms with van der Waals surface area (Å²) in [5.74, 6) is 2.02. The van der Waals surface area contributed by atoms with Crippen LogP contribution in [0.2, 0.25) is 0 Å². The molecule has 0 aromatic carbocycles. The van der Waals surface area contributed by atoms with Gasteiger partial charge in [-0.2, -0.15) is 4.98 Å². The smallest absolute Gasteiger partial charge is 0.227 e. The Morgan fingerprint density at radius 1 is 1.59 bits per heavy atom. The Balaban J connectivity index is 1.80. The summed E-state index contributed by atoms with van der Waals surface area (Å²) in [4.78, 5) is 17.9. The van der Waals surface area contributed by atoms with E-state index in [2.05, 4.69) is 17.1 Å². The fourth-order valence-corrected chi connectivity index (χ4v) is 1.95. The zero-order chi connectivity index (χ0) is 12.4. The van der Waals surface area contributed by atoms with Crippen LogP contribution in [-0.4, -0.2) is 34.0 Å². The van der Waals surface area contributed by atoms with E-state index in [1.54, 1.807) is 6.92 Å². The number of hydrogen-bond acceptors (Lipinski definition) is 4. The fourth-order valence-electron chi connectivity index (χ4n) is 1.95. The van der Waals surface area contributed by atoms with Gasteiger partial charge in [0, 0.05) is 25.9 Å². The molecule has 0 aliphatic heterocycles. The molecule has 1 fully saturated rings. The molecule has 2 rings (SSSR count). The van der Waals surface area contributed by atoms with Crippen molar-refractivity contribution >= 4 is 5.91 Å². The van der Waals surface area contributed by atoms with Crippen molar-refractivity contribution in [3.05, 3.63) is 11.7 Å². The Kier molecular flexibility index (Phi) is 3.45. The normalized spacial score (nSPS) is 16.9. The maximum Gasteiger partial charge on any atom is 0.227 e. The topological polar surface area (TPSA) is 59.2 Å². The van der Waals surface area contributed by atoms with Crippen molar-refractivity contribution in [1.29, 1.82) is 0 Å².